The fraction of sp³-hybridized carbons (Fsp3) is 0.750. The van der Waals surface area contributed by atoms with E-state index in [0.717, 1.165) is 37.2 Å². The van der Waals surface area contributed by atoms with Crippen LogP contribution in [0.5, 0.6) is 0 Å². The molecule has 21 heavy (non-hydrogen) atoms. The second-order valence-electron chi connectivity index (χ2n) is 5.99. The van der Waals surface area contributed by atoms with Crippen LogP contribution in [0.2, 0.25) is 5.02 Å². The minimum atomic E-state index is 0.597. The Morgan fingerprint density at radius 2 is 1.86 bits per heavy atom. The molecule has 1 fully saturated rings. The normalized spacial score (nSPS) is 22.0. The molecule has 0 unspecified atom stereocenters. The highest BCUT2D eigenvalue weighted by molar-refractivity contribution is 6.32. The van der Waals surface area contributed by atoms with Gasteiger partial charge in [0, 0.05) is 13.1 Å². The Hall–Kier alpha value is -1.03. The molecule has 0 bridgehead atoms. The van der Waals surface area contributed by atoms with E-state index >= 15 is 0 Å². The predicted octanol–water partition coefficient (Wildman–Crippen LogP) is 4.58. The monoisotopic (exact) mass is 310 g/mol. The Labute approximate surface area is 133 Å². The van der Waals surface area contributed by atoms with Crippen molar-refractivity contribution in [3.05, 3.63) is 11.2 Å². The summed E-state index contributed by atoms with van der Waals surface area (Å²) in [5.74, 6) is 3.08. The van der Waals surface area contributed by atoms with Gasteiger partial charge in [-0.2, -0.15) is 4.98 Å². The number of rotatable bonds is 7. The van der Waals surface area contributed by atoms with E-state index in [9.17, 15) is 0 Å². The van der Waals surface area contributed by atoms with E-state index in [4.69, 9.17) is 11.6 Å². The number of aromatic nitrogens is 2. The second-order valence-corrected chi connectivity index (χ2v) is 6.40. The molecule has 1 aromatic heterocycles. The number of nitrogens with zero attached hydrogens (tertiary/aromatic N) is 2. The summed E-state index contributed by atoms with van der Waals surface area (Å²) in [6.45, 7) is 6.26. The zero-order valence-electron chi connectivity index (χ0n) is 13.2. The molecule has 5 heteroatoms. The molecule has 0 spiro atoms. The predicted molar refractivity (Wildman–Crippen MR) is 90.1 cm³/mol. The fourth-order valence-electron chi connectivity index (χ4n) is 2.90. The first-order chi connectivity index (χ1) is 10.2. The van der Waals surface area contributed by atoms with Crippen LogP contribution >= 0.6 is 11.6 Å². The van der Waals surface area contributed by atoms with Crippen LogP contribution in [0.15, 0.2) is 6.20 Å². The molecule has 1 aliphatic rings. The molecule has 2 rings (SSSR count). The van der Waals surface area contributed by atoms with Gasteiger partial charge in [0.2, 0.25) is 5.95 Å². The average Bonchev–Trinajstić information content (AvgIpc) is 2.53. The zero-order valence-corrected chi connectivity index (χ0v) is 13.9. The molecular formula is C16H27ClN4. The SMILES string of the molecule is CCCNc1ncc(Cl)c(NCC2CCC(CC)CC2)n1. The highest BCUT2D eigenvalue weighted by Crippen LogP contribution is 2.31. The van der Waals surface area contributed by atoms with Gasteiger partial charge in [0.15, 0.2) is 0 Å². The Kier molecular flexibility index (Phi) is 6.55. The molecule has 0 amide bonds. The van der Waals surface area contributed by atoms with Gasteiger partial charge in [0.25, 0.3) is 0 Å². The Balaban J connectivity index is 1.84. The maximum atomic E-state index is 6.18. The summed E-state index contributed by atoms with van der Waals surface area (Å²) in [6.07, 6.45) is 9.40. The molecule has 1 heterocycles. The van der Waals surface area contributed by atoms with Crippen LogP contribution in [0.25, 0.3) is 0 Å². The summed E-state index contributed by atoms with van der Waals surface area (Å²) in [7, 11) is 0. The first kappa shape index (κ1) is 16.3. The van der Waals surface area contributed by atoms with Crippen molar-refractivity contribution in [2.24, 2.45) is 11.8 Å². The third-order valence-electron chi connectivity index (χ3n) is 4.38. The molecule has 0 saturated heterocycles. The lowest BCUT2D eigenvalue weighted by Crippen LogP contribution is -2.21. The third-order valence-corrected chi connectivity index (χ3v) is 4.66. The maximum Gasteiger partial charge on any atom is 0.224 e. The summed E-state index contributed by atoms with van der Waals surface area (Å²) < 4.78 is 0. The summed E-state index contributed by atoms with van der Waals surface area (Å²) in [4.78, 5) is 8.66. The van der Waals surface area contributed by atoms with Gasteiger partial charge in [-0.15, -0.1) is 0 Å². The van der Waals surface area contributed by atoms with E-state index in [0.29, 0.717) is 11.0 Å². The van der Waals surface area contributed by atoms with Crippen LogP contribution in [0, 0.1) is 11.8 Å². The van der Waals surface area contributed by atoms with Gasteiger partial charge in [0.1, 0.15) is 10.8 Å². The molecule has 0 radical (unpaired) electrons. The van der Waals surface area contributed by atoms with Crippen LogP contribution in [0.3, 0.4) is 0 Å². The van der Waals surface area contributed by atoms with Crippen molar-refractivity contribution in [2.45, 2.75) is 52.4 Å². The fourth-order valence-corrected chi connectivity index (χ4v) is 3.06. The highest BCUT2D eigenvalue weighted by atomic mass is 35.5. The average molecular weight is 311 g/mol. The number of nitrogens with one attached hydrogen (secondary N) is 2. The topological polar surface area (TPSA) is 49.8 Å². The first-order valence-electron chi connectivity index (χ1n) is 8.23. The van der Waals surface area contributed by atoms with Gasteiger partial charge in [-0.25, -0.2) is 4.98 Å². The Bertz CT molecular complexity index is 430. The minimum absolute atomic E-state index is 0.597. The molecule has 1 aliphatic carbocycles. The van der Waals surface area contributed by atoms with E-state index in [2.05, 4.69) is 34.4 Å². The zero-order chi connectivity index (χ0) is 15.1. The third kappa shape index (κ3) is 5.03. The van der Waals surface area contributed by atoms with Crippen LogP contribution in [0.4, 0.5) is 11.8 Å². The van der Waals surface area contributed by atoms with Gasteiger partial charge in [0.05, 0.1) is 6.20 Å². The van der Waals surface area contributed by atoms with E-state index in [1.54, 1.807) is 6.20 Å². The van der Waals surface area contributed by atoms with Crippen LogP contribution in [-0.4, -0.2) is 23.1 Å². The number of hydrogen-bond acceptors (Lipinski definition) is 4. The molecule has 1 aromatic rings. The molecule has 118 valence electrons. The first-order valence-corrected chi connectivity index (χ1v) is 8.61. The Morgan fingerprint density at radius 3 is 2.52 bits per heavy atom. The van der Waals surface area contributed by atoms with Gasteiger partial charge in [-0.3, -0.25) is 0 Å². The van der Waals surface area contributed by atoms with Crippen LogP contribution in [0.1, 0.15) is 52.4 Å². The van der Waals surface area contributed by atoms with E-state index in [-0.39, 0.29) is 0 Å². The van der Waals surface area contributed by atoms with E-state index in [1.807, 2.05) is 0 Å². The molecule has 0 aromatic carbocycles. The van der Waals surface area contributed by atoms with Crippen molar-refractivity contribution in [1.82, 2.24) is 9.97 Å². The summed E-state index contributed by atoms with van der Waals surface area (Å²) in [5.41, 5.74) is 0. The second kappa shape index (κ2) is 8.42. The maximum absolute atomic E-state index is 6.18. The van der Waals surface area contributed by atoms with Gasteiger partial charge in [-0.05, 0) is 31.1 Å². The van der Waals surface area contributed by atoms with Crippen molar-refractivity contribution < 1.29 is 0 Å². The van der Waals surface area contributed by atoms with Crippen LogP contribution < -0.4 is 10.6 Å². The van der Waals surface area contributed by atoms with E-state index in [1.165, 1.54) is 32.1 Å². The molecule has 0 aliphatic heterocycles. The quantitative estimate of drug-likeness (QED) is 0.774. The molecule has 1 saturated carbocycles. The summed E-state index contributed by atoms with van der Waals surface area (Å²) in [5, 5.41) is 7.20. The smallest absolute Gasteiger partial charge is 0.224 e. The Morgan fingerprint density at radius 1 is 1.14 bits per heavy atom. The molecular weight excluding hydrogens is 284 g/mol. The number of halogens is 1. The molecule has 0 atom stereocenters. The lowest BCUT2D eigenvalue weighted by Gasteiger charge is -2.28. The van der Waals surface area contributed by atoms with Gasteiger partial charge < -0.3 is 10.6 Å². The summed E-state index contributed by atoms with van der Waals surface area (Å²) in [6, 6.07) is 0. The van der Waals surface area contributed by atoms with Gasteiger partial charge >= 0.3 is 0 Å². The molecule has 4 nitrogen and oxygen atoms in total. The highest BCUT2D eigenvalue weighted by Gasteiger charge is 2.20. The lowest BCUT2D eigenvalue weighted by molar-refractivity contribution is 0.278. The van der Waals surface area contributed by atoms with Crippen molar-refractivity contribution in [2.75, 3.05) is 23.7 Å². The van der Waals surface area contributed by atoms with Crippen molar-refractivity contribution >= 4 is 23.4 Å². The molecule has 2 N–H and O–H groups in total. The number of hydrogen-bond donors (Lipinski definition) is 2. The van der Waals surface area contributed by atoms with Crippen molar-refractivity contribution in [3.63, 3.8) is 0 Å². The van der Waals surface area contributed by atoms with Crippen molar-refractivity contribution in [1.29, 1.82) is 0 Å². The lowest BCUT2D eigenvalue weighted by atomic mass is 9.81. The van der Waals surface area contributed by atoms with Gasteiger partial charge in [-0.1, -0.05) is 44.7 Å². The van der Waals surface area contributed by atoms with E-state index < -0.39 is 0 Å². The minimum Gasteiger partial charge on any atom is -0.368 e. The summed E-state index contributed by atoms with van der Waals surface area (Å²) >= 11 is 6.18. The largest absolute Gasteiger partial charge is 0.368 e. The van der Waals surface area contributed by atoms with Crippen LogP contribution in [-0.2, 0) is 0 Å². The number of anilines is 2. The standard InChI is InChI=1S/C16H27ClN4/c1-3-9-18-16-20-11-14(17)15(21-16)19-10-13-7-5-12(4-2)6-8-13/h11-13H,3-10H2,1-2H3,(H2,18,19,20,21). The van der Waals surface area contributed by atoms with Crippen molar-refractivity contribution in [3.8, 4) is 0 Å².